The van der Waals surface area contributed by atoms with Crippen molar-refractivity contribution in [2.75, 3.05) is 5.88 Å². The molecule has 0 bridgehead atoms. The van der Waals surface area contributed by atoms with Crippen LogP contribution in [0.3, 0.4) is 0 Å². The maximum Gasteiger partial charge on any atom is 0.0223 e. The summed E-state index contributed by atoms with van der Waals surface area (Å²) in [4.78, 5) is 0. The number of hydrogen-bond acceptors (Lipinski definition) is 0. The molecule has 0 radical (unpaired) electrons. The van der Waals surface area contributed by atoms with Gasteiger partial charge in [0, 0.05) is 5.88 Å². The van der Waals surface area contributed by atoms with E-state index in [1.807, 2.05) is 12.2 Å². The van der Waals surface area contributed by atoms with Gasteiger partial charge in [0.2, 0.25) is 0 Å². The Morgan fingerprint density at radius 2 is 1.82 bits per heavy atom. The molecule has 64 valence electrons. The quantitative estimate of drug-likeness (QED) is 0.310. The highest BCUT2D eigenvalue weighted by atomic mass is 35.5. The molecule has 0 atom stereocenters. The molecule has 0 unspecified atom stereocenters. The number of allylic oxidation sites excluding steroid dienone is 3. The van der Waals surface area contributed by atoms with E-state index in [2.05, 4.69) is 12.7 Å². The summed E-state index contributed by atoms with van der Waals surface area (Å²) in [6, 6.07) is 0. The van der Waals surface area contributed by atoms with Gasteiger partial charge in [0.1, 0.15) is 0 Å². The van der Waals surface area contributed by atoms with E-state index in [1.54, 1.807) is 0 Å². The number of rotatable bonds is 7. The van der Waals surface area contributed by atoms with Crippen LogP contribution >= 0.6 is 11.6 Å². The fourth-order valence-corrected chi connectivity index (χ4v) is 1.09. The van der Waals surface area contributed by atoms with Gasteiger partial charge in [-0.2, -0.15) is 0 Å². The third-order valence-corrected chi connectivity index (χ3v) is 1.79. The minimum atomic E-state index is 0.808. The predicted octanol–water partition coefficient (Wildman–Crippen LogP) is 3.92. The predicted molar refractivity (Wildman–Crippen MR) is 53.1 cm³/mol. The first-order chi connectivity index (χ1) is 5.41. The van der Waals surface area contributed by atoms with E-state index in [-0.39, 0.29) is 0 Å². The Labute approximate surface area is 74.9 Å². The third-order valence-electron chi connectivity index (χ3n) is 1.53. The monoisotopic (exact) mass is 172 g/mol. The number of hydrogen-bond donors (Lipinski definition) is 0. The molecule has 0 aliphatic heterocycles. The Bertz CT molecular complexity index is 105. The Balaban J connectivity index is 2.90. The molecule has 0 rings (SSSR count). The lowest BCUT2D eigenvalue weighted by Gasteiger charge is -1.94. The molecular weight excluding hydrogens is 156 g/mol. The van der Waals surface area contributed by atoms with Crippen LogP contribution in [0.4, 0.5) is 0 Å². The van der Waals surface area contributed by atoms with Crippen molar-refractivity contribution >= 4 is 11.6 Å². The summed E-state index contributed by atoms with van der Waals surface area (Å²) in [5, 5.41) is 0. The van der Waals surface area contributed by atoms with E-state index < -0.39 is 0 Å². The molecule has 0 amide bonds. The molecule has 0 nitrogen and oxygen atoms in total. The van der Waals surface area contributed by atoms with E-state index in [0.29, 0.717) is 0 Å². The van der Waals surface area contributed by atoms with Gasteiger partial charge in [0.25, 0.3) is 0 Å². The van der Waals surface area contributed by atoms with Gasteiger partial charge in [-0.05, 0) is 19.3 Å². The summed E-state index contributed by atoms with van der Waals surface area (Å²) in [6.07, 6.45) is 12.2. The fraction of sp³-hybridized carbons (Fsp3) is 0.600. The summed E-state index contributed by atoms with van der Waals surface area (Å²) in [7, 11) is 0. The minimum Gasteiger partial charge on any atom is -0.127 e. The van der Waals surface area contributed by atoms with Gasteiger partial charge in [-0.3, -0.25) is 0 Å². The molecule has 0 saturated heterocycles. The number of alkyl halides is 1. The lowest BCUT2D eigenvalue weighted by molar-refractivity contribution is 0.677. The van der Waals surface area contributed by atoms with Crippen LogP contribution in [-0.2, 0) is 0 Å². The van der Waals surface area contributed by atoms with Crippen LogP contribution < -0.4 is 0 Å². The van der Waals surface area contributed by atoms with Crippen LogP contribution in [0.5, 0.6) is 0 Å². The summed E-state index contributed by atoms with van der Waals surface area (Å²) >= 11 is 5.54. The largest absolute Gasteiger partial charge is 0.127 e. The Kier molecular flexibility index (Phi) is 9.57. The minimum absolute atomic E-state index is 0.808. The molecule has 0 aromatic heterocycles. The maximum absolute atomic E-state index is 5.54. The van der Waals surface area contributed by atoms with Gasteiger partial charge in [0.15, 0.2) is 0 Å². The van der Waals surface area contributed by atoms with Crippen LogP contribution in [0.1, 0.15) is 32.1 Å². The Morgan fingerprint density at radius 1 is 1.09 bits per heavy atom. The van der Waals surface area contributed by atoms with Crippen LogP contribution in [0.25, 0.3) is 0 Å². The molecule has 0 N–H and O–H groups in total. The Hall–Kier alpha value is -0.230. The zero-order chi connectivity index (χ0) is 8.36. The van der Waals surface area contributed by atoms with Crippen LogP contribution in [0, 0.1) is 0 Å². The highest BCUT2D eigenvalue weighted by Crippen LogP contribution is 2.04. The molecule has 0 spiro atoms. The van der Waals surface area contributed by atoms with Crippen LogP contribution in [0.2, 0.25) is 0 Å². The van der Waals surface area contributed by atoms with Crippen molar-refractivity contribution in [3.8, 4) is 0 Å². The van der Waals surface area contributed by atoms with Crippen molar-refractivity contribution in [2.24, 2.45) is 0 Å². The molecular formula is C10H17Cl. The van der Waals surface area contributed by atoms with E-state index in [1.165, 1.54) is 25.7 Å². The zero-order valence-electron chi connectivity index (χ0n) is 7.06. The number of halogens is 1. The lowest BCUT2D eigenvalue weighted by Crippen LogP contribution is -1.77. The van der Waals surface area contributed by atoms with Crippen molar-refractivity contribution in [2.45, 2.75) is 32.1 Å². The fourth-order valence-electron chi connectivity index (χ4n) is 0.903. The van der Waals surface area contributed by atoms with E-state index in [9.17, 15) is 0 Å². The molecule has 1 heteroatoms. The second-order valence-corrected chi connectivity index (χ2v) is 2.93. The molecule has 11 heavy (non-hydrogen) atoms. The van der Waals surface area contributed by atoms with Crippen molar-refractivity contribution < 1.29 is 0 Å². The average molecular weight is 173 g/mol. The first-order valence-corrected chi connectivity index (χ1v) is 4.78. The first-order valence-electron chi connectivity index (χ1n) is 4.25. The Morgan fingerprint density at radius 3 is 2.45 bits per heavy atom. The highest BCUT2D eigenvalue weighted by molar-refractivity contribution is 6.17. The third kappa shape index (κ3) is 9.77. The van der Waals surface area contributed by atoms with Gasteiger partial charge >= 0.3 is 0 Å². The van der Waals surface area contributed by atoms with Crippen molar-refractivity contribution in [1.82, 2.24) is 0 Å². The lowest BCUT2D eigenvalue weighted by atomic mass is 10.1. The van der Waals surface area contributed by atoms with Crippen LogP contribution in [-0.4, -0.2) is 5.88 Å². The SMILES string of the molecule is C=CC=CCCCCCCCl. The molecule has 0 saturated carbocycles. The maximum atomic E-state index is 5.54. The summed E-state index contributed by atoms with van der Waals surface area (Å²) in [6.45, 7) is 3.60. The second-order valence-electron chi connectivity index (χ2n) is 2.56. The van der Waals surface area contributed by atoms with Crippen molar-refractivity contribution in [1.29, 1.82) is 0 Å². The second kappa shape index (κ2) is 9.77. The van der Waals surface area contributed by atoms with Crippen molar-refractivity contribution in [3.63, 3.8) is 0 Å². The molecule has 0 fully saturated rings. The van der Waals surface area contributed by atoms with Crippen LogP contribution in [0.15, 0.2) is 24.8 Å². The van der Waals surface area contributed by atoms with E-state index in [4.69, 9.17) is 11.6 Å². The zero-order valence-corrected chi connectivity index (χ0v) is 7.82. The van der Waals surface area contributed by atoms with Gasteiger partial charge in [-0.1, -0.05) is 37.6 Å². The molecule has 0 heterocycles. The van der Waals surface area contributed by atoms with E-state index >= 15 is 0 Å². The molecule has 0 aromatic rings. The molecule has 0 aliphatic carbocycles. The van der Waals surface area contributed by atoms with Crippen molar-refractivity contribution in [3.05, 3.63) is 24.8 Å². The van der Waals surface area contributed by atoms with Gasteiger partial charge in [-0.15, -0.1) is 11.6 Å². The molecule has 0 aromatic carbocycles. The topological polar surface area (TPSA) is 0 Å². The normalized spacial score (nSPS) is 10.6. The first kappa shape index (κ1) is 10.8. The average Bonchev–Trinajstić information content (AvgIpc) is 2.03. The summed E-state index contributed by atoms with van der Waals surface area (Å²) in [5.74, 6) is 0.808. The standard InChI is InChI=1S/C10H17Cl/c1-2-3-4-5-6-7-8-9-10-11/h2-4H,1,5-10H2. The summed E-state index contributed by atoms with van der Waals surface area (Å²) in [5.41, 5.74) is 0. The van der Waals surface area contributed by atoms with Gasteiger partial charge in [0.05, 0.1) is 0 Å². The number of unbranched alkanes of at least 4 members (excludes halogenated alkanes) is 4. The van der Waals surface area contributed by atoms with Gasteiger partial charge < -0.3 is 0 Å². The van der Waals surface area contributed by atoms with E-state index in [0.717, 1.165) is 12.3 Å². The molecule has 0 aliphatic rings. The van der Waals surface area contributed by atoms with Gasteiger partial charge in [-0.25, -0.2) is 0 Å². The smallest absolute Gasteiger partial charge is 0.0223 e. The highest BCUT2D eigenvalue weighted by Gasteiger charge is 1.85. The summed E-state index contributed by atoms with van der Waals surface area (Å²) < 4.78 is 0.